The minimum Gasteiger partial charge on any atom is -0.481 e. The zero-order valence-corrected chi connectivity index (χ0v) is 21.8. The van der Waals surface area contributed by atoms with Gasteiger partial charge in [-0.3, -0.25) is 0 Å². The van der Waals surface area contributed by atoms with Crippen molar-refractivity contribution in [1.29, 1.82) is 0 Å². The number of aryl methyl sites for hydroxylation is 3. The zero-order valence-electron chi connectivity index (χ0n) is 21.0. The number of ether oxygens (including phenoxy) is 3. The van der Waals surface area contributed by atoms with Crippen molar-refractivity contribution in [2.24, 2.45) is 0 Å². The summed E-state index contributed by atoms with van der Waals surface area (Å²) in [5, 5.41) is 2.21. The summed E-state index contributed by atoms with van der Waals surface area (Å²) in [6.07, 6.45) is -4.76. The Morgan fingerprint density at radius 2 is 1.56 bits per heavy atom. The number of rotatable bonds is 6. The van der Waals surface area contributed by atoms with Crippen LogP contribution in [-0.4, -0.2) is 24.5 Å². The molecule has 2 aromatic carbocycles. The van der Waals surface area contributed by atoms with Gasteiger partial charge in [-0.25, -0.2) is 4.79 Å². The minimum absolute atomic E-state index is 0.0651. The average molecular weight is 518 g/mol. The van der Waals surface area contributed by atoms with E-state index in [1.54, 1.807) is 13.8 Å². The molecule has 8 heteroatoms. The molecule has 0 aliphatic heterocycles. The van der Waals surface area contributed by atoms with E-state index in [1.807, 2.05) is 13.8 Å². The van der Waals surface area contributed by atoms with Crippen molar-refractivity contribution in [3.8, 4) is 28.2 Å². The third kappa shape index (κ3) is 7.28. The number of hydrogen-bond acceptors (Lipinski definition) is 4. The van der Waals surface area contributed by atoms with E-state index in [0.717, 1.165) is 11.1 Å². The molecular formula is C28H28F3O4S+. The van der Waals surface area contributed by atoms with Gasteiger partial charge in [-0.15, -0.1) is 13.2 Å². The Hall–Kier alpha value is -3.44. The Morgan fingerprint density at radius 1 is 0.944 bits per heavy atom. The van der Waals surface area contributed by atoms with Crippen LogP contribution < -0.4 is 9.47 Å². The fourth-order valence-electron chi connectivity index (χ4n) is 3.52. The van der Waals surface area contributed by atoms with Crippen LogP contribution in [0.4, 0.5) is 13.2 Å². The maximum absolute atomic E-state index is 12.4. The molecule has 3 rings (SSSR count). The first-order chi connectivity index (χ1) is 16.7. The monoisotopic (exact) mass is 517 g/mol. The van der Waals surface area contributed by atoms with Crippen molar-refractivity contribution in [2.45, 2.75) is 53.5 Å². The molecule has 0 aliphatic carbocycles. The molecule has 1 aromatic heterocycles. The summed E-state index contributed by atoms with van der Waals surface area (Å²) in [7, 11) is -0.0651. The molecule has 0 aliphatic rings. The molecular weight excluding hydrogens is 489 g/mol. The third-order valence-corrected chi connectivity index (χ3v) is 7.46. The van der Waals surface area contributed by atoms with Crippen LogP contribution in [0.3, 0.4) is 0 Å². The van der Waals surface area contributed by atoms with Crippen LogP contribution >= 0.6 is 10.5 Å². The van der Waals surface area contributed by atoms with Gasteiger partial charge < -0.3 is 14.2 Å². The van der Waals surface area contributed by atoms with Crippen LogP contribution in [-0.2, 0) is 9.53 Å². The van der Waals surface area contributed by atoms with E-state index < -0.39 is 17.9 Å². The van der Waals surface area contributed by atoms with E-state index in [-0.39, 0.29) is 22.8 Å². The molecule has 3 aromatic rings. The number of benzene rings is 2. The summed E-state index contributed by atoms with van der Waals surface area (Å²) in [6.45, 7) is 11.1. The molecule has 0 saturated carbocycles. The lowest BCUT2D eigenvalue weighted by molar-refractivity contribution is -0.274. The Kier molecular flexibility index (Phi) is 8.05. The normalized spacial score (nSPS) is 12.0. The molecule has 0 saturated heterocycles. The Bertz CT molecular complexity index is 1290. The largest absolute Gasteiger partial charge is 0.573 e. The van der Waals surface area contributed by atoms with Gasteiger partial charge in [-0.2, -0.15) is 0 Å². The highest BCUT2D eigenvalue weighted by atomic mass is 32.2. The molecule has 0 spiro atoms. The van der Waals surface area contributed by atoms with Crippen molar-refractivity contribution in [3.63, 3.8) is 0 Å². The van der Waals surface area contributed by atoms with E-state index in [4.69, 9.17) is 9.47 Å². The van der Waals surface area contributed by atoms with Gasteiger partial charge in [0.15, 0.2) is 22.0 Å². The molecule has 190 valence electrons. The smallest absolute Gasteiger partial charge is 0.481 e. The first-order valence-electron chi connectivity index (χ1n) is 11.2. The lowest BCUT2D eigenvalue weighted by Gasteiger charge is -2.19. The van der Waals surface area contributed by atoms with Gasteiger partial charge in [-0.1, -0.05) is 11.8 Å². The average Bonchev–Trinajstić information content (AvgIpc) is 3.09. The highest BCUT2D eigenvalue weighted by molar-refractivity contribution is 7.38. The number of alkyl halides is 3. The van der Waals surface area contributed by atoms with E-state index >= 15 is 0 Å². The second-order valence-electron chi connectivity index (χ2n) is 8.86. The zero-order chi connectivity index (χ0) is 26.7. The molecule has 36 heavy (non-hydrogen) atoms. The molecule has 0 amide bonds. The lowest BCUT2D eigenvalue weighted by atomic mass is 10.1. The Balaban J connectivity index is 1.61. The van der Waals surface area contributed by atoms with Crippen LogP contribution in [0.5, 0.6) is 11.5 Å². The van der Waals surface area contributed by atoms with E-state index in [0.29, 0.717) is 11.3 Å². The number of esters is 1. The van der Waals surface area contributed by atoms with Crippen LogP contribution in [0.25, 0.3) is 4.90 Å². The number of halogens is 3. The SMILES string of the molecule is Cc1cc(-[s+]2ccc(C)c2C)cc(C)c1OCC(=O)OC(C)(C)C#Cc1ccc(OC(F)(F)F)cc1. The predicted octanol–water partition coefficient (Wildman–Crippen LogP) is 7.31. The fraction of sp³-hybridized carbons (Fsp3) is 0.321. The van der Waals surface area contributed by atoms with Crippen molar-refractivity contribution < 1.29 is 32.2 Å². The number of thiophene rings is 1. The molecule has 0 N–H and O–H groups in total. The quantitative estimate of drug-likeness (QED) is 0.195. The summed E-state index contributed by atoms with van der Waals surface area (Å²) in [6, 6.07) is 11.4. The summed E-state index contributed by atoms with van der Waals surface area (Å²) < 4.78 is 51.9. The lowest BCUT2D eigenvalue weighted by Crippen LogP contribution is -2.29. The maximum Gasteiger partial charge on any atom is 0.573 e. The molecule has 1 atom stereocenters. The molecule has 1 unspecified atom stereocenters. The highest BCUT2D eigenvalue weighted by Gasteiger charge is 2.31. The highest BCUT2D eigenvalue weighted by Crippen LogP contribution is 2.40. The van der Waals surface area contributed by atoms with Gasteiger partial charge >= 0.3 is 12.3 Å². The number of carbonyl (C=O) groups excluding carboxylic acids is 1. The van der Waals surface area contributed by atoms with E-state index in [1.165, 1.54) is 39.6 Å². The topological polar surface area (TPSA) is 44.8 Å². The van der Waals surface area contributed by atoms with Gasteiger partial charge in [0.1, 0.15) is 16.9 Å². The van der Waals surface area contributed by atoms with E-state index in [2.05, 4.69) is 54.0 Å². The van der Waals surface area contributed by atoms with Crippen molar-refractivity contribution >= 4 is 16.4 Å². The van der Waals surface area contributed by atoms with Gasteiger partial charge in [-0.05, 0) is 76.1 Å². The van der Waals surface area contributed by atoms with Crippen LogP contribution in [0, 0.1) is 39.5 Å². The van der Waals surface area contributed by atoms with Gasteiger partial charge in [0.05, 0.1) is 0 Å². The Labute approximate surface area is 212 Å². The second-order valence-corrected chi connectivity index (χ2v) is 10.9. The predicted molar refractivity (Wildman–Crippen MR) is 135 cm³/mol. The fourth-order valence-corrected chi connectivity index (χ4v) is 5.59. The molecule has 1 heterocycles. The van der Waals surface area contributed by atoms with Crippen molar-refractivity contribution in [1.82, 2.24) is 0 Å². The van der Waals surface area contributed by atoms with Gasteiger partial charge in [0.25, 0.3) is 0 Å². The summed E-state index contributed by atoms with van der Waals surface area (Å²) in [4.78, 5) is 15.0. The standard InChI is InChI=1S/C28H28F3O4S/c1-18-12-14-36(21(18)4)24-15-19(2)26(20(3)16-24)33-17-25(32)35-27(5,6)13-11-22-7-9-23(10-8-22)34-28(29,30)31/h7-10,12,14-16H,17H2,1-6H3/q+1. The van der Waals surface area contributed by atoms with Gasteiger partial charge in [0, 0.05) is 40.7 Å². The van der Waals surface area contributed by atoms with E-state index in [9.17, 15) is 18.0 Å². The molecule has 4 nitrogen and oxygen atoms in total. The third-order valence-electron chi connectivity index (χ3n) is 5.33. The van der Waals surface area contributed by atoms with Crippen LogP contribution in [0.1, 0.15) is 41.0 Å². The molecule has 0 radical (unpaired) electrons. The first-order valence-corrected chi connectivity index (χ1v) is 12.5. The number of hydrogen-bond donors (Lipinski definition) is 0. The summed E-state index contributed by atoms with van der Waals surface area (Å²) >= 11 is 0. The Morgan fingerprint density at radius 3 is 2.08 bits per heavy atom. The summed E-state index contributed by atoms with van der Waals surface area (Å²) in [5.41, 5.74) is 2.48. The van der Waals surface area contributed by atoms with Crippen LogP contribution in [0.2, 0.25) is 0 Å². The molecule has 0 bridgehead atoms. The minimum atomic E-state index is -4.76. The van der Waals surface area contributed by atoms with Crippen LogP contribution in [0.15, 0.2) is 47.8 Å². The number of carbonyl (C=O) groups is 1. The second kappa shape index (κ2) is 10.7. The summed E-state index contributed by atoms with van der Waals surface area (Å²) in [5.74, 6) is 5.34. The maximum atomic E-state index is 12.4. The van der Waals surface area contributed by atoms with Gasteiger partial charge in [0.2, 0.25) is 0 Å². The first kappa shape index (κ1) is 27.2. The molecule has 0 fully saturated rings. The van der Waals surface area contributed by atoms with Crippen molar-refractivity contribution in [2.75, 3.05) is 6.61 Å². The van der Waals surface area contributed by atoms with Crippen molar-refractivity contribution in [3.05, 3.63) is 75.0 Å².